The summed E-state index contributed by atoms with van der Waals surface area (Å²) in [7, 11) is 0. The molecule has 0 atom stereocenters. The van der Waals surface area contributed by atoms with Gasteiger partial charge in [-0.05, 0) is 31.0 Å². The van der Waals surface area contributed by atoms with Gasteiger partial charge in [0, 0.05) is 10.4 Å². The van der Waals surface area contributed by atoms with E-state index < -0.39 is 5.91 Å². The average Bonchev–Trinajstić information content (AvgIpc) is 2.40. The Hall–Kier alpha value is -1.36. The Morgan fingerprint density at radius 2 is 1.85 bits per heavy atom. The van der Waals surface area contributed by atoms with Crippen LogP contribution in [0.15, 0.2) is 22.7 Å². The first-order valence-electron chi connectivity index (χ1n) is 6.89. The highest BCUT2D eigenvalue weighted by molar-refractivity contribution is 9.10. The number of carbonyl (C=O) groups excluding carboxylic acids is 2. The first-order valence-corrected chi connectivity index (χ1v) is 7.69. The molecule has 20 heavy (non-hydrogen) atoms. The molecule has 110 valence electrons. The lowest BCUT2D eigenvalue weighted by atomic mass is 9.97. The van der Waals surface area contributed by atoms with Crippen LogP contribution in [0.1, 0.15) is 49.9 Å². The van der Waals surface area contributed by atoms with Crippen LogP contribution in [-0.4, -0.2) is 11.8 Å². The van der Waals surface area contributed by atoms with Crippen molar-refractivity contribution in [3.8, 4) is 0 Å². The van der Waals surface area contributed by atoms with Gasteiger partial charge in [0.1, 0.15) is 0 Å². The van der Waals surface area contributed by atoms with Gasteiger partial charge in [0.05, 0.1) is 11.3 Å². The minimum Gasteiger partial charge on any atom is -0.366 e. The zero-order valence-electron chi connectivity index (χ0n) is 11.9. The molecule has 0 aliphatic heterocycles. The van der Waals surface area contributed by atoms with E-state index in [4.69, 9.17) is 5.73 Å². The zero-order valence-corrected chi connectivity index (χ0v) is 13.5. The molecule has 0 aromatic heterocycles. The number of amides is 2. The smallest absolute Gasteiger partial charge is 0.250 e. The number of nitrogens with one attached hydrogen (secondary N) is 1. The Kier molecular flexibility index (Phi) is 6.71. The summed E-state index contributed by atoms with van der Waals surface area (Å²) in [5.74, 6) is -0.614. The number of anilines is 1. The van der Waals surface area contributed by atoms with Crippen LogP contribution in [-0.2, 0) is 4.79 Å². The van der Waals surface area contributed by atoms with Crippen LogP contribution in [0.3, 0.4) is 0 Å². The monoisotopic (exact) mass is 340 g/mol. The minimum atomic E-state index is -0.552. The molecule has 0 aliphatic rings. The van der Waals surface area contributed by atoms with Gasteiger partial charge in [0.2, 0.25) is 5.91 Å². The lowest BCUT2D eigenvalue weighted by molar-refractivity contribution is -0.120. The van der Waals surface area contributed by atoms with E-state index in [1.54, 1.807) is 18.2 Å². The summed E-state index contributed by atoms with van der Waals surface area (Å²) in [6.07, 6.45) is 3.62. The molecule has 5 heteroatoms. The van der Waals surface area contributed by atoms with Gasteiger partial charge < -0.3 is 11.1 Å². The number of nitrogens with two attached hydrogens (primary N) is 1. The Balaban J connectivity index is 2.91. The normalized spacial score (nSPS) is 10.6. The molecule has 2 amide bonds. The number of hydrogen-bond acceptors (Lipinski definition) is 2. The van der Waals surface area contributed by atoms with Gasteiger partial charge in [-0.3, -0.25) is 9.59 Å². The lowest BCUT2D eigenvalue weighted by Gasteiger charge is -2.16. The summed E-state index contributed by atoms with van der Waals surface area (Å²) >= 11 is 3.29. The van der Waals surface area contributed by atoms with E-state index in [0.717, 1.165) is 30.2 Å². The number of benzene rings is 1. The SMILES string of the molecule is CCCC(CCC)C(=O)Nc1ccc(Br)cc1C(N)=O. The van der Waals surface area contributed by atoms with Crippen molar-refractivity contribution >= 4 is 33.4 Å². The van der Waals surface area contributed by atoms with Crippen LogP contribution in [0, 0.1) is 5.92 Å². The Morgan fingerprint density at radius 3 is 2.35 bits per heavy atom. The molecule has 0 heterocycles. The highest BCUT2D eigenvalue weighted by Gasteiger charge is 2.19. The van der Waals surface area contributed by atoms with E-state index >= 15 is 0 Å². The maximum absolute atomic E-state index is 12.3. The fourth-order valence-corrected chi connectivity index (χ4v) is 2.53. The first kappa shape index (κ1) is 16.7. The highest BCUT2D eigenvalue weighted by Crippen LogP contribution is 2.23. The minimum absolute atomic E-state index is 0.0191. The van der Waals surface area contributed by atoms with E-state index in [2.05, 4.69) is 35.1 Å². The van der Waals surface area contributed by atoms with E-state index in [9.17, 15) is 9.59 Å². The van der Waals surface area contributed by atoms with Crippen molar-refractivity contribution in [2.24, 2.45) is 11.7 Å². The predicted octanol–water partition coefficient (Wildman–Crippen LogP) is 3.70. The van der Waals surface area contributed by atoms with Crippen molar-refractivity contribution in [3.63, 3.8) is 0 Å². The molecule has 0 radical (unpaired) electrons. The molecule has 1 aromatic carbocycles. The third-order valence-corrected chi connectivity index (χ3v) is 3.64. The topological polar surface area (TPSA) is 72.2 Å². The Labute approximate surface area is 128 Å². The zero-order chi connectivity index (χ0) is 15.1. The number of halogens is 1. The molecule has 0 fully saturated rings. The fourth-order valence-electron chi connectivity index (χ4n) is 2.17. The molecule has 0 aliphatic carbocycles. The standard InChI is InChI=1S/C15H21BrN2O2/c1-3-5-10(6-4-2)15(20)18-13-8-7-11(16)9-12(13)14(17)19/h7-10H,3-6H2,1-2H3,(H2,17,19)(H,18,20). The van der Waals surface area contributed by atoms with Gasteiger partial charge in [-0.15, -0.1) is 0 Å². The second-order valence-electron chi connectivity index (χ2n) is 4.82. The predicted molar refractivity (Wildman–Crippen MR) is 84.6 cm³/mol. The number of rotatable bonds is 7. The van der Waals surface area contributed by atoms with Crippen molar-refractivity contribution in [1.29, 1.82) is 0 Å². The number of primary amides is 1. The Morgan fingerprint density at radius 1 is 1.25 bits per heavy atom. The maximum atomic E-state index is 12.3. The van der Waals surface area contributed by atoms with Gasteiger partial charge in [-0.25, -0.2) is 0 Å². The van der Waals surface area contributed by atoms with Crippen molar-refractivity contribution < 1.29 is 9.59 Å². The van der Waals surface area contributed by atoms with Crippen LogP contribution in [0.2, 0.25) is 0 Å². The van der Waals surface area contributed by atoms with E-state index in [0.29, 0.717) is 11.3 Å². The second-order valence-corrected chi connectivity index (χ2v) is 5.73. The quantitative estimate of drug-likeness (QED) is 0.794. The molecule has 1 aromatic rings. The molecule has 0 unspecified atom stereocenters. The fraction of sp³-hybridized carbons (Fsp3) is 0.467. The largest absolute Gasteiger partial charge is 0.366 e. The second kappa shape index (κ2) is 8.04. The number of hydrogen-bond donors (Lipinski definition) is 2. The van der Waals surface area contributed by atoms with E-state index in [-0.39, 0.29) is 11.8 Å². The van der Waals surface area contributed by atoms with E-state index in [1.165, 1.54) is 0 Å². The third-order valence-electron chi connectivity index (χ3n) is 3.15. The summed E-state index contributed by atoms with van der Waals surface area (Å²) in [6, 6.07) is 5.08. The summed E-state index contributed by atoms with van der Waals surface area (Å²) in [4.78, 5) is 23.7. The molecule has 0 bridgehead atoms. The maximum Gasteiger partial charge on any atom is 0.250 e. The summed E-state index contributed by atoms with van der Waals surface area (Å²) in [6.45, 7) is 4.12. The molecule has 3 N–H and O–H groups in total. The number of carbonyl (C=O) groups is 2. The lowest BCUT2D eigenvalue weighted by Crippen LogP contribution is -2.24. The van der Waals surface area contributed by atoms with Gasteiger partial charge >= 0.3 is 0 Å². The summed E-state index contributed by atoms with van der Waals surface area (Å²) in [5, 5.41) is 2.83. The van der Waals surface area contributed by atoms with Crippen molar-refractivity contribution in [2.45, 2.75) is 39.5 Å². The van der Waals surface area contributed by atoms with Crippen LogP contribution < -0.4 is 11.1 Å². The first-order chi connectivity index (χ1) is 9.49. The van der Waals surface area contributed by atoms with Crippen molar-refractivity contribution in [1.82, 2.24) is 0 Å². The molecule has 4 nitrogen and oxygen atoms in total. The van der Waals surface area contributed by atoms with Crippen LogP contribution >= 0.6 is 15.9 Å². The van der Waals surface area contributed by atoms with Crippen LogP contribution in [0.4, 0.5) is 5.69 Å². The molecule has 0 saturated carbocycles. The van der Waals surface area contributed by atoms with E-state index in [1.807, 2.05) is 0 Å². The average molecular weight is 341 g/mol. The van der Waals surface area contributed by atoms with Crippen molar-refractivity contribution in [3.05, 3.63) is 28.2 Å². The highest BCUT2D eigenvalue weighted by atomic mass is 79.9. The summed E-state index contributed by atoms with van der Waals surface area (Å²) in [5.41, 5.74) is 6.14. The molecule has 1 rings (SSSR count). The van der Waals surface area contributed by atoms with Gasteiger partial charge in [0.25, 0.3) is 5.91 Å². The van der Waals surface area contributed by atoms with Gasteiger partial charge in [0.15, 0.2) is 0 Å². The van der Waals surface area contributed by atoms with Crippen LogP contribution in [0.5, 0.6) is 0 Å². The summed E-state index contributed by atoms with van der Waals surface area (Å²) < 4.78 is 0.753. The molecule has 0 saturated heterocycles. The van der Waals surface area contributed by atoms with Crippen LogP contribution in [0.25, 0.3) is 0 Å². The molecular formula is C15H21BrN2O2. The third kappa shape index (κ3) is 4.63. The molecular weight excluding hydrogens is 320 g/mol. The van der Waals surface area contributed by atoms with Crippen molar-refractivity contribution in [2.75, 3.05) is 5.32 Å². The molecule has 0 spiro atoms. The Bertz CT molecular complexity index is 483. The van der Waals surface area contributed by atoms with Gasteiger partial charge in [-0.2, -0.15) is 0 Å². The van der Waals surface area contributed by atoms with Gasteiger partial charge in [-0.1, -0.05) is 42.6 Å².